The lowest BCUT2D eigenvalue weighted by Crippen LogP contribution is -2.18. The molecule has 134 valence electrons. The molecule has 0 spiro atoms. The molecule has 3 aromatic rings. The molecule has 0 saturated heterocycles. The van der Waals surface area contributed by atoms with Crippen LogP contribution in [0.5, 0.6) is 5.75 Å². The number of ether oxygens (including phenoxy) is 1. The summed E-state index contributed by atoms with van der Waals surface area (Å²) in [5.41, 5.74) is 10.6. The maximum absolute atomic E-state index is 15.2. The van der Waals surface area contributed by atoms with Crippen LogP contribution >= 0.6 is 0 Å². The molecule has 1 aliphatic heterocycles. The molecule has 1 amide bonds. The highest BCUT2D eigenvalue weighted by Crippen LogP contribution is 2.44. The van der Waals surface area contributed by atoms with Gasteiger partial charge in [-0.2, -0.15) is 0 Å². The summed E-state index contributed by atoms with van der Waals surface area (Å²) in [5.74, 6) is -0.230. The number of fused-ring (bicyclic) bond motifs is 2. The van der Waals surface area contributed by atoms with Crippen LogP contribution in [0.2, 0.25) is 0 Å². The summed E-state index contributed by atoms with van der Waals surface area (Å²) < 4.78 is 21.1. The number of para-hydroxylation sites is 1. The number of amides is 1. The number of H-pyrrole nitrogens is 1. The minimum Gasteiger partial charge on any atom is -0.489 e. The van der Waals surface area contributed by atoms with Crippen molar-refractivity contribution in [3.63, 3.8) is 0 Å². The summed E-state index contributed by atoms with van der Waals surface area (Å²) in [7, 11) is 0. The van der Waals surface area contributed by atoms with Crippen LogP contribution in [0, 0.1) is 19.7 Å². The molecular weight excluding hydrogens is 333 g/mol. The third kappa shape index (κ3) is 2.49. The molecule has 4 N–H and O–H groups in total. The Morgan fingerprint density at radius 2 is 2.15 bits per heavy atom. The highest BCUT2D eigenvalue weighted by atomic mass is 19.1. The first-order valence-electron chi connectivity index (χ1n) is 8.56. The molecular formula is C20H20FN3O2. The topological polar surface area (TPSA) is 80.1 Å². The minimum absolute atomic E-state index is 0.0158. The lowest BCUT2D eigenvalue weighted by Gasteiger charge is -2.22. The van der Waals surface area contributed by atoms with Crippen LogP contribution in [-0.2, 0) is 11.2 Å². The van der Waals surface area contributed by atoms with Crippen molar-refractivity contribution >= 4 is 22.5 Å². The predicted molar refractivity (Wildman–Crippen MR) is 100 cm³/mol. The van der Waals surface area contributed by atoms with Gasteiger partial charge in [0.25, 0.3) is 0 Å². The average Bonchev–Trinajstić information content (AvgIpc) is 2.90. The molecule has 1 aliphatic rings. The van der Waals surface area contributed by atoms with E-state index in [1.54, 1.807) is 0 Å². The van der Waals surface area contributed by atoms with Gasteiger partial charge in [-0.05, 0) is 37.1 Å². The van der Waals surface area contributed by atoms with Gasteiger partial charge in [-0.25, -0.2) is 4.39 Å². The third-order valence-electron chi connectivity index (χ3n) is 4.92. The molecule has 2 aromatic carbocycles. The SMILES string of the molecule is Cc1[nH]c2c(CC(N)=O)cc(F)c(-c3cccc4c3OCCN4)c2c1C. The molecule has 0 bridgehead atoms. The van der Waals surface area contributed by atoms with Crippen molar-refractivity contribution in [2.75, 3.05) is 18.5 Å². The Morgan fingerprint density at radius 3 is 2.92 bits per heavy atom. The lowest BCUT2D eigenvalue weighted by atomic mass is 9.93. The number of rotatable bonds is 3. The van der Waals surface area contributed by atoms with Crippen LogP contribution < -0.4 is 15.8 Å². The molecule has 0 saturated carbocycles. The number of hydrogen-bond donors (Lipinski definition) is 3. The Balaban J connectivity index is 2.06. The second-order valence-electron chi connectivity index (χ2n) is 6.62. The number of halogens is 1. The van der Waals surface area contributed by atoms with Crippen molar-refractivity contribution in [3.8, 4) is 16.9 Å². The first-order chi connectivity index (χ1) is 12.5. The first-order valence-corrected chi connectivity index (χ1v) is 8.56. The highest BCUT2D eigenvalue weighted by molar-refractivity contribution is 6.03. The zero-order chi connectivity index (χ0) is 18.4. The van der Waals surface area contributed by atoms with E-state index >= 15 is 4.39 Å². The van der Waals surface area contributed by atoms with Gasteiger partial charge < -0.3 is 20.8 Å². The van der Waals surface area contributed by atoms with Gasteiger partial charge in [-0.1, -0.05) is 12.1 Å². The molecule has 0 unspecified atom stereocenters. The number of nitrogens with one attached hydrogen (secondary N) is 2. The molecule has 1 aromatic heterocycles. The summed E-state index contributed by atoms with van der Waals surface area (Å²) in [6.45, 7) is 5.12. The number of hydrogen-bond acceptors (Lipinski definition) is 3. The molecule has 2 heterocycles. The third-order valence-corrected chi connectivity index (χ3v) is 4.92. The van der Waals surface area contributed by atoms with E-state index in [4.69, 9.17) is 10.5 Å². The summed E-state index contributed by atoms with van der Waals surface area (Å²) in [6.07, 6.45) is -0.0158. The standard InChI is InChI=1S/C20H20FN3O2/c1-10-11(2)24-19-12(9-16(22)25)8-14(21)18(17(10)19)13-4-3-5-15-20(13)26-7-6-23-15/h3-5,8,23-24H,6-7,9H2,1-2H3,(H2,22,25). The van der Waals surface area contributed by atoms with Gasteiger partial charge in [0.05, 0.1) is 17.6 Å². The maximum atomic E-state index is 15.2. The Hall–Kier alpha value is -3.02. The van der Waals surface area contributed by atoms with Crippen molar-refractivity contribution in [1.29, 1.82) is 0 Å². The number of anilines is 1. The lowest BCUT2D eigenvalue weighted by molar-refractivity contribution is -0.117. The van der Waals surface area contributed by atoms with E-state index < -0.39 is 11.7 Å². The quantitative estimate of drug-likeness (QED) is 0.675. The minimum atomic E-state index is -0.493. The van der Waals surface area contributed by atoms with E-state index in [1.165, 1.54) is 6.07 Å². The van der Waals surface area contributed by atoms with E-state index in [1.807, 2.05) is 32.0 Å². The number of aromatic nitrogens is 1. The second kappa shape index (κ2) is 6.05. The molecule has 0 atom stereocenters. The van der Waals surface area contributed by atoms with Gasteiger partial charge in [-0.15, -0.1) is 0 Å². The van der Waals surface area contributed by atoms with Crippen LogP contribution in [-0.4, -0.2) is 24.0 Å². The summed E-state index contributed by atoms with van der Waals surface area (Å²) in [4.78, 5) is 14.7. The smallest absolute Gasteiger partial charge is 0.221 e. The van der Waals surface area contributed by atoms with Crippen molar-refractivity contribution in [1.82, 2.24) is 4.98 Å². The molecule has 6 heteroatoms. The van der Waals surface area contributed by atoms with E-state index in [0.717, 1.165) is 27.8 Å². The van der Waals surface area contributed by atoms with Crippen LogP contribution in [0.3, 0.4) is 0 Å². The normalized spacial score (nSPS) is 13.2. The number of carbonyl (C=O) groups is 1. The van der Waals surface area contributed by atoms with E-state index in [-0.39, 0.29) is 6.42 Å². The molecule has 5 nitrogen and oxygen atoms in total. The fourth-order valence-electron chi connectivity index (χ4n) is 3.65. The monoisotopic (exact) mass is 353 g/mol. The molecule has 0 fully saturated rings. The zero-order valence-electron chi connectivity index (χ0n) is 14.7. The number of nitrogens with two attached hydrogens (primary N) is 1. The predicted octanol–water partition coefficient (Wildman–Crippen LogP) is 3.42. The van der Waals surface area contributed by atoms with Crippen molar-refractivity contribution in [2.24, 2.45) is 5.73 Å². The van der Waals surface area contributed by atoms with Gasteiger partial charge in [-0.3, -0.25) is 4.79 Å². The number of aromatic amines is 1. The fraction of sp³-hybridized carbons (Fsp3) is 0.250. The fourth-order valence-corrected chi connectivity index (χ4v) is 3.65. The van der Waals surface area contributed by atoms with Crippen LogP contribution in [0.25, 0.3) is 22.0 Å². The number of primary amides is 1. The van der Waals surface area contributed by atoms with E-state index in [2.05, 4.69) is 10.3 Å². The molecule has 0 radical (unpaired) electrons. The summed E-state index contributed by atoms with van der Waals surface area (Å²) in [5, 5.41) is 4.05. The van der Waals surface area contributed by atoms with E-state index in [9.17, 15) is 4.79 Å². The van der Waals surface area contributed by atoms with Gasteiger partial charge in [0.15, 0.2) is 0 Å². The van der Waals surface area contributed by atoms with E-state index in [0.29, 0.717) is 35.6 Å². The summed E-state index contributed by atoms with van der Waals surface area (Å²) in [6, 6.07) is 7.06. The van der Waals surface area contributed by atoms with Crippen molar-refractivity contribution in [3.05, 3.63) is 46.9 Å². The molecule has 0 aliphatic carbocycles. The van der Waals surface area contributed by atoms with Gasteiger partial charge in [0.2, 0.25) is 5.91 Å². The Kier molecular flexibility index (Phi) is 3.83. The van der Waals surface area contributed by atoms with Crippen molar-refractivity contribution in [2.45, 2.75) is 20.3 Å². The summed E-state index contributed by atoms with van der Waals surface area (Å²) >= 11 is 0. The largest absolute Gasteiger partial charge is 0.489 e. The highest BCUT2D eigenvalue weighted by Gasteiger charge is 2.24. The van der Waals surface area contributed by atoms with Gasteiger partial charge in [0.1, 0.15) is 18.2 Å². The Labute approximate surface area is 150 Å². The van der Waals surface area contributed by atoms with Gasteiger partial charge >= 0.3 is 0 Å². The zero-order valence-corrected chi connectivity index (χ0v) is 14.7. The second-order valence-corrected chi connectivity index (χ2v) is 6.62. The molecule has 26 heavy (non-hydrogen) atoms. The van der Waals surface area contributed by atoms with Crippen molar-refractivity contribution < 1.29 is 13.9 Å². The number of benzene rings is 2. The first kappa shape index (κ1) is 16.4. The van der Waals surface area contributed by atoms with Gasteiger partial charge in [0, 0.05) is 28.8 Å². The number of carbonyl (C=O) groups excluding carboxylic acids is 1. The number of aryl methyl sites for hydroxylation is 2. The van der Waals surface area contributed by atoms with Crippen LogP contribution in [0.4, 0.5) is 10.1 Å². The Morgan fingerprint density at radius 1 is 1.35 bits per heavy atom. The van der Waals surface area contributed by atoms with Crippen LogP contribution in [0.15, 0.2) is 24.3 Å². The van der Waals surface area contributed by atoms with Crippen LogP contribution in [0.1, 0.15) is 16.8 Å². The average molecular weight is 353 g/mol. The molecule has 4 rings (SSSR count). The maximum Gasteiger partial charge on any atom is 0.221 e. The Bertz CT molecular complexity index is 1040.